The number of para-hydroxylation sites is 1. The van der Waals surface area contributed by atoms with E-state index in [2.05, 4.69) is 5.10 Å². The molecule has 1 aromatic carbocycles. The number of nitrogens with zero attached hydrogens (tertiary/aromatic N) is 3. The van der Waals surface area contributed by atoms with E-state index in [0.29, 0.717) is 5.56 Å². The van der Waals surface area contributed by atoms with Crippen LogP contribution in [0.5, 0.6) is 5.75 Å². The Morgan fingerprint density at radius 3 is 2.44 bits per heavy atom. The van der Waals surface area contributed by atoms with Crippen molar-refractivity contribution in [1.29, 1.82) is 0 Å². The molecule has 0 N–H and O–H groups in total. The predicted molar refractivity (Wildman–Crippen MR) is 86.8 cm³/mol. The number of allylic oxidation sites excluding steroid dienone is 2. The van der Waals surface area contributed by atoms with Crippen LogP contribution in [0.25, 0.3) is 0 Å². The van der Waals surface area contributed by atoms with Gasteiger partial charge in [0.15, 0.2) is 0 Å². The number of carbonyl (C=O) groups is 2. The summed E-state index contributed by atoms with van der Waals surface area (Å²) in [5.74, 6) is -0.992. The highest BCUT2D eigenvalue weighted by Gasteiger charge is 2.59. The minimum atomic E-state index is -0.559. The van der Waals surface area contributed by atoms with E-state index in [0.717, 1.165) is 11.4 Å². The van der Waals surface area contributed by atoms with Crippen LogP contribution >= 0.6 is 0 Å². The van der Waals surface area contributed by atoms with Crippen LogP contribution in [0.15, 0.2) is 35.5 Å². The van der Waals surface area contributed by atoms with Crippen molar-refractivity contribution in [2.45, 2.75) is 6.42 Å². The molecular weight excluding hydrogens is 326 g/mol. The van der Waals surface area contributed by atoms with Crippen molar-refractivity contribution >= 4 is 23.7 Å². The molecule has 1 aromatic rings. The van der Waals surface area contributed by atoms with Gasteiger partial charge in [-0.3, -0.25) is 19.7 Å². The molecule has 3 aliphatic rings. The molecule has 0 radical (unpaired) electrons. The summed E-state index contributed by atoms with van der Waals surface area (Å²) < 4.78 is 5.09. The lowest BCUT2D eigenvalue weighted by atomic mass is 9.85. The number of amides is 2. The molecular formula is C17H15N3O5. The third-order valence-corrected chi connectivity index (χ3v) is 5.18. The molecule has 0 aromatic heterocycles. The number of hydrogen-bond donors (Lipinski definition) is 0. The van der Waals surface area contributed by atoms with Crippen LogP contribution in [-0.4, -0.2) is 35.1 Å². The maximum atomic E-state index is 12.6. The Balaban J connectivity index is 1.63. The van der Waals surface area contributed by atoms with E-state index in [-0.39, 0.29) is 46.9 Å². The topological polar surface area (TPSA) is 102 Å². The number of hydrazone groups is 1. The zero-order chi connectivity index (χ0) is 17.7. The van der Waals surface area contributed by atoms with Gasteiger partial charge in [0.2, 0.25) is 5.75 Å². The van der Waals surface area contributed by atoms with Crippen molar-refractivity contribution in [1.82, 2.24) is 5.01 Å². The Morgan fingerprint density at radius 2 is 1.88 bits per heavy atom. The van der Waals surface area contributed by atoms with Gasteiger partial charge in [-0.1, -0.05) is 18.2 Å². The van der Waals surface area contributed by atoms with Crippen LogP contribution < -0.4 is 4.74 Å². The lowest BCUT2D eigenvalue weighted by molar-refractivity contribution is -0.385. The van der Waals surface area contributed by atoms with Gasteiger partial charge in [0.25, 0.3) is 11.8 Å². The van der Waals surface area contributed by atoms with Crippen molar-refractivity contribution in [2.24, 2.45) is 28.8 Å². The Kier molecular flexibility index (Phi) is 3.41. The number of methoxy groups -OCH3 is 1. The summed E-state index contributed by atoms with van der Waals surface area (Å²) in [6.45, 7) is 0. The van der Waals surface area contributed by atoms with Crippen LogP contribution in [0, 0.1) is 33.8 Å². The molecule has 0 spiro atoms. The van der Waals surface area contributed by atoms with Crippen LogP contribution in [0.1, 0.15) is 12.0 Å². The van der Waals surface area contributed by atoms with Gasteiger partial charge in [0.05, 0.1) is 30.1 Å². The van der Waals surface area contributed by atoms with Gasteiger partial charge in [0, 0.05) is 11.6 Å². The smallest absolute Gasteiger partial charge is 0.311 e. The molecule has 25 heavy (non-hydrogen) atoms. The van der Waals surface area contributed by atoms with Crippen molar-refractivity contribution in [3.05, 3.63) is 46.0 Å². The molecule has 0 unspecified atom stereocenters. The Morgan fingerprint density at radius 1 is 1.24 bits per heavy atom. The first-order valence-corrected chi connectivity index (χ1v) is 7.94. The number of carbonyl (C=O) groups excluding carboxylic acids is 2. The van der Waals surface area contributed by atoms with Gasteiger partial charge in [-0.25, -0.2) is 0 Å². The summed E-state index contributed by atoms with van der Waals surface area (Å²) in [6.07, 6.45) is 6.13. The number of imide groups is 1. The first kappa shape index (κ1) is 15.5. The van der Waals surface area contributed by atoms with E-state index in [1.165, 1.54) is 25.5 Å². The minimum Gasteiger partial charge on any atom is -0.490 e. The Hall–Kier alpha value is -3.03. The highest BCUT2D eigenvalue weighted by Crippen LogP contribution is 2.52. The number of hydrogen-bond acceptors (Lipinski definition) is 6. The second-order valence-electron chi connectivity index (χ2n) is 6.39. The molecule has 1 saturated carbocycles. The third-order valence-electron chi connectivity index (χ3n) is 5.18. The van der Waals surface area contributed by atoms with E-state index in [9.17, 15) is 19.7 Å². The maximum absolute atomic E-state index is 12.6. The van der Waals surface area contributed by atoms with Gasteiger partial charge in [0.1, 0.15) is 0 Å². The summed E-state index contributed by atoms with van der Waals surface area (Å²) >= 11 is 0. The van der Waals surface area contributed by atoms with E-state index in [4.69, 9.17) is 4.74 Å². The van der Waals surface area contributed by atoms with E-state index in [1.54, 1.807) is 6.07 Å². The van der Waals surface area contributed by atoms with Crippen LogP contribution in [-0.2, 0) is 9.59 Å². The third kappa shape index (κ3) is 2.17. The fraction of sp³-hybridized carbons (Fsp3) is 0.353. The number of ether oxygens (including phenoxy) is 1. The molecule has 4 rings (SSSR count). The number of rotatable bonds is 4. The fourth-order valence-corrected chi connectivity index (χ4v) is 4.13. The zero-order valence-electron chi connectivity index (χ0n) is 13.4. The number of fused-ring (bicyclic) bond motifs is 5. The highest BCUT2D eigenvalue weighted by atomic mass is 16.6. The lowest BCUT2D eigenvalue weighted by Crippen LogP contribution is -2.28. The van der Waals surface area contributed by atoms with Crippen molar-refractivity contribution in [2.75, 3.05) is 7.11 Å². The van der Waals surface area contributed by atoms with Gasteiger partial charge in [-0.2, -0.15) is 10.1 Å². The number of benzene rings is 1. The fourth-order valence-electron chi connectivity index (χ4n) is 4.13. The summed E-state index contributed by atoms with van der Waals surface area (Å²) in [5.41, 5.74) is 0.125. The van der Waals surface area contributed by atoms with Crippen LogP contribution in [0.2, 0.25) is 0 Å². The standard InChI is InChI=1S/C17H15N3O5/c1-25-15-11(3-2-4-12(15)20(23)24)8-18-19-16(21)13-9-5-6-10(7-9)14(13)17(19)22/h2-6,8-10,13-14H,7H2,1H3/t9-,10-,13-,14+/m0/s1. The summed E-state index contributed by atoms with van der Waals surface area (Å²) in [5, 5.41) is 16.0. The van der Waals surface area contributed by atoms with E-state index < -0.39 is 4.92 Å². The number of nitro groups is 1. The molecule has 8 nitrogen and oxygen atoms in total. The molecule has 4 atom stereocenters. The van der Waals surface area contributed by atoms with Crippen LogP contribution in [0.3, 0.4) is 0 Å². The van der Waals surface area contributed by atoms with Crippen molar-refractivity contribution < 1.29 is 19.2 Å². The second-order valence-corrected chi connectivity index (χ2v) is 6.39. The molecule has 1 aliphatic heterocycles. The molecule has 1 saturated heterocycles. The lowest BCUT2D eigenvalue weighted by Gasteiger charge is -2.13. The zero-order valence-corrected chi connectivity index (χ0v) is 13.4. The molecule has 2 bridgehead atoms. The highest BCUT2D eigenvalue weighted by molar-refractivity contribution is 6.07. The first-order chi connectivity index (χ1) is 12.0. The summed E-state index contributed by atoms with van der Waals surface area (Å²) in [6, 6.07) is 4.39. The van der Waals surface area contributed by atoms with E-state index in [1.807, 2.05) is 12.2 Å². The minimum absolute atomic E-state index is 0.0391. The largest absolute Gasteiger partial charge is 0.490 e. The molecule has 2 amide bonds. The molecule has 128 valence electrons. The molecule has 2 aliphatic carbocycles. The van der Waals surface area contributed by atoms with Crippen molar-refractivity contribution in [3.8, 4) is 5.75 Å². The average molecular weight is 341 g/mol. The van der Waals surface area contributed by atoms with Gasteiger partial charge >= 0.3 is 5.69 Å². The number of nitro benzene ring substituents is 1. The monoisotopic (exact) mass is 341 g/mol. The quantitative estimate of drug-likeness (QED) is 0.273. The molecule has 8 heteroatoms. The normalized spacial score (nSPS) is 29.7. The Labute approximate surface area is 142 Å². The SMILES string of the molecule is COc1c(C=NN2C(=O)[C@@H]3[C@H](C2=O)[C@H]2C=C[C@H]3C2)cccc1[N+](=O)[O-]. The second kappa shape index (κ2) is 5.51. The molecule has 2 fully saturated rings. The average Bonchev–Trinajstić information content (AvgIpc) is 3.27. The van der Waals surface area contributed by atoms with Gasteiger partial charge in [-0.15, -0.1) is 0 Å². The summed E-state index contributed by atoms with van der Waals surface area (Å²) in [7, 11) is 1.32. The van der Waals surface area contributed by atoms with Gasteiger partial charge < -0.3 is 4.74 Å². The predicted octanol–water partition coefficient (Wildman–Crippen LogP) is 1.74. The molecule has 1 heterocycles. The maximum Gasteiger partial charge on any atom is 0.311 e. The summed E-state index contributed by atoms with van der Waals surface area (Å²) in [4.78, 5) is 35.6. The van der Waals surface area contributed by atoms with Crippen LogP contribution in [0.4, 0.5) is 5.69 Å². The van der Waals surface area contributed by atoms with Crippen molar-refractivity contribution in [3.63, 3.8) is 0 Å². The van der Waals surface area contributed by atoms with Gasteiger partial charge in [-0.05, 0) is 24.3 Å². The first-order valence-electron chi connectivity index (χ1n) is 7.94. The Bertz CT molecular complexity index is 817. The van der Waals surface area contributed by atoms with E-state index >= 15 is 0 Å².